The van der Waals surface area contributed by atoms with Crippen molar-refractivity contribution in [2.75, 3.05) is 0 Å². The normalized spacial score (nSPS) is 12.6. The molecule has 0 fully saturated rings. The Bertz CT molecular complexity index is 437. The van der Waals surface area contributed by atoms with E-state index < -0.39 is 0 Å². The van der Waals surface area contributed by atoms with Crippen molar-refractivity contribution in [2.45, 2.75) is 26.4 Å². The molecule has 3 heteroatoms. The van der Waals surface area contributed by atoms with Gasteiger partial charge >= 0.3 is 0 Å². The van der Waals surface area contributed by atoms with E-state index in [0.717, 1.165) is 12.3 Å². The molecule has 0 aliphatic rings. The smallest absolute Gasteiger partial charge is 0.120 e. The van der Waals surface area contributed by atoms with E-state index in [9.17, 15) is 0 Å². The lowest BCUT2D eigenvalue weighted by Crippen LogP contribution is -2.17. The van der Waals surface area contributed by atoms with E-state index in [1.165, 1.54) is 11.1 Å². The first kappa shape index (κ1) is 10.9. The number of furan rings is 1. The summed E-state index contributed by atoms with van der Waals surface area (Å²) < 4.78 is 5.33. The molecule has 2 aromatic rings. The van der Waals surface area contributed by atoms with Gasteiger partial charge in [-0.25, -0.2) is 0 Å². The second-order valence-corrected chi connectivity index (χ2v) is 3.99. The van der Waals surface area contributed by atoms with E-state index >= 15 is 0 Å². The predicted octanol–water partition coefficient (Wildman–Crippen LogP) is 2.83. The minimum absolute atomic E-state index is 0.218. The molecule has 2 heterocycles. The molecule has 0 unspecified atom stereocenters. The molecule has 0 aromatic carbocycles. The summed E-state index contributed by atoms with van der Waals surface area (Å²) in [6, 6.07) is 6.23. The van der Waals surface area contributed by atoms with E-state index in [2.05, 4.69) is 23.3 Å². The van der Waals surface area contributed by atoms with Crippen LogP contribution in [0, 0.1) is 6.92 Å². The Morgan fingerprint density at radius 1 is 1.44 bits per heavy atom. The minimum atomic E-state index is 0.218. The monoisotopic (exact) mass is 216 g/mol. The average Bonchev–Trinajstić information content (AvgIpc) is 2.79. The maximum absolute atomic E-state index is 5.33. The zero-order chi connectivity index (χ0) is 11.4. The average molecular weight is 216 g/mol. The third-order valence-corrected chi connectivity index (χ3v) is 2.51. The summed E-state index contributed by atoms with van der Waals surface area (Å²) in [5.74, 6) is 0.959. The summed E-state index contributed by atoms with van der Waals surface area (Å²) in [6.45, 7) is 4.94. The SMILES string of the molecule is Cc1cncc(CN[C@@H](C)c2ccco2)c1. The molecule has 1 N–H and O–H groups in total. The van der Waals surface area contributed by atoms with Crippen molar-refractivity contribution in [1.29, 1.82) is 0 Å². The van der Waals surface area contributed by atoms with Crippen LogP contribution in [0.2, 0.25) is 0 Å². The number of hydrogen-bond acceptors (Lipinski definition) is 3. The van der Waals surface area contributed by atoms with Gasteiger partial charge in [-0.1, -0.05) is 6.07 Å². The van der Waals surface area contributed by atoms with E-state index in [1.807, 2.05) is 31.5 Å². The second kappa shape index (κ2) is 4.94. The molecule has 0 saturated carbocycles. The van der Waals surface area contributed by atoms with E-state index in [-0.39, 0.29) is 6.04 Å². The standard InChI is InChI=1S/C13H16N2O/c1-10-6-12(8-14-7-10)9-15-11(2)13-4-3-5-16-13/h3-8,11,15H,9H2,1-2H3/t11-/m0/s1. The van der Waals surface area contributed by atoms with Crippen molar-refractivity contribution < 1.29 is 4.42 Å². The fourth-order valence-corrected chi connectivity index (χ4v) is 1.62. The lowest BCUT2D eigenvalue weighted by atomic mass is 10.2. The Balaban J connectivity index is 1.92. The van der Waals surface area contributed by atoms with Gasteiger partial charge in [0, 0.05) is 18.9 Å². The van der Waals surface area contributed by atoms with Gasteiger partial charge in [0.15, 0.2) is 0 Å². The highest BCUT2D eigenvalue weighted by Crippen LogP contribution is 2.13. The lowest BCUT2D eigenvalue weighted by Gasteiger charge is -2.11. The van der Waals surface area contributed by atoms with Gasteiger partial charge in [0.25, 0.3) is 0 Å². The summed E-state index contributed by atoms with van der Waals surface area (Å²) in [6.07, 6.45) is 5.44. The van der Waals surface area contributed by atoms with Crippen molar-refractivity contribution in [3.63, 3.8) is 0 Å². The zero-order valence-corrected chi connectivity index (χ0v) is 9.60. The molecule has 0 bridgehead atoms. The highest BCUT2D eigenvalue weighted by Gasteiger charge is 2.06. The molecule has 0 radical (unpaired) electrons. The number of rotatable bonds is 4. The molecule has 0 amide bonds. The molecule has 3 nitrogen and oxygen atoms in total. The summed E-state index contributed by atoms with van der Waals surface area (Å²) in [5, 5.41) is 3.39. The third kappa shape index (κ3) is 2.70. The highest BCUT2D eigenvalue weighted by atomic mass is 16.3. The Morgan fingerprint density at radius 2 is 2.31 bits per heavy atom. The molecule has 2 aromatic heterocycles. The maximum atomic E-state index is 5.33. The van der Waals surface area contributed by atoms with Crippen molar-refractivity contribution in [3.05, 3.63) is 53.7 Å². The molecule has 0 aliphatic heterocycles. The quantitative estimate of drug-likeness (QED) is 0.854. The summed E-state index contributed by atoms with van der Waals surface area (Å²) in [5.41, 5.74) is 2.38. The fraction of sp³-hybridized carbons (Fsp3) is 0.308. The Morgan fingerprint density at radius 3 is 3.00 bits per heavy atom. The predicted molar refractivity (Wildman–Crippen MR) is 62.9 cm³/mol. The molecule has 0 saturated heterocycles. The second-order valence-electron chi connectivity index (χ2n) is 3.99. The van der Waals surface area contributed by atoms with Gasteiger partial charge in [-0.15, -0.1) is 0 Å². The number of aryl methyl sites for hydroxylation is 1. The molecular weight excluding hydrogens is 200 g/mol. The van der Waals surface area contributed by atoms with Crippen LogP contribution < -0.4 is 5.32 Å². The van der Waals surface area contributed by atoms with Crippen LogP contribution in [0.15, 0.2) is 41.3 Å². The van der Waals surface area contributed by atoms with Crippen LogP contribution in [0.25, 0.3) is 0 Å². The van der Waals surface area contributed by atoms with E-state index in [0.29, 0.717) is 0 Å². The minimum Gasteiger partial charge on any atom is -0.468 e. The first-order valence-corrected chi connectivity index (χ1v) is 5.43. The number of nitrogens with zero attached hydrogens (tertiary/aromatic N) is 1. The first-order chi connectivity index (χ1) is 7.75. The van der Waals surface area contributed by atoms with Crippen molar-refractivity contribution >= 4 is 0 Å². The highest BCUT2D eigenvalue weighted by molar-refractivity contribution is 5.16. The van der Waals surface area contributed by atoms with Crippen molar-refractivity contribution in [2.24, 2.45) is 0 Å². The third-order valence-electron chi connectivity index (χ3n) is 2.51. The van der Waals surface area contributed by atoms with Gasteiger partial charge in [-0.3, -0.25) is 4.98 Å². The van der Waals surface area contributed by atoms with Gasteiger partial charge in [0.1, 0.15) is 5.76 Å². The topological polar surface area (TPSA) is 38.1 Å². The van der Waals surface area contributed by atoms with Gasteiger partial charge in [-0.05, 0) is 37.1 Å². The fourth-order valence-electron chi connectivity index (χ4n) is 1.62. The summed E-state index contributed by atoms with van der Waals surface area (Å²) in [7, 11) is 0. The summed E-state index contributed by atoms with van der Waals surface area (Å²) >= 11 is 0. The largest absolute Gasteiger partial charge is 0.468 e. The van der Waals surface area contributed by atoms with Crippen molar-refractivity contribution in [3.8, 4) is 0 Å². The van der Waals surface area contributed by atoms with Gasteiger partial charge in [0.2, 0.25) is 0 Å². The Hall–Kier alpha value is -1.61. The number of hydrogen-bond donors (Lipinski definition) is 1. The van der Waals surface area contributed by atoms with Crippen LogP contribution in [0.3, 0.4) is 0 Å². The van der Waals surface area contributed by atoms with Crippen LogP contribution in [-0.4, -0.2) is 4.98 Å². The van der Waals surface area contributed by atoms with Gasteiger partial charge in [0.05, 0.1) is 12.3 Å². The molecule has 16 heavy (non-hydrogen) atoms. The van der Waals surface area contributed by atoms with Gasteiger partial charge < -0.3 is 9.73 Å². The van der Waals surface area contributed by atoms with Crippen LogP contribution in [0.1, 0.15) is 29.9 Å². The van der Waals surface area contributed by atoms with Gasteiger partial charge in [-0.2, -0.15) is 0 Å². The molecular formula is C13H16N2O. The first-order valence-electron chi connectivity index (χ1n) is 5.43. The molecule has 1 atom stereocenters. The number of pyridine rings is 1. The summed E-state index contributed by atoms with van der Waals surface area (Å²) in [4.78, 5) is 4.16. The van der Waals surface area contributed by atoms with Crippen molar-refractivity contribution in [1.82, 2.24) is 10.3 Å². The van der Waals surface area contributed by atoms with Crippen LogP contribution >= 0.6 is 0 Å². The Labute approximate surface area is 95.5 Å². The molecule has 0 spiro atoms. The van der Waals surface area contributed by atoms with Crippen LogP contribution in [0.4, 0.5) is 0 Å². The zero-order valence-electron chi connectivity index (χ0n) is 9.60. The molecule has 2 rings (SSSR count). The number of aromatic nitrogens is 1. The Kier molecular flexibility index (Phi) is 3.37. The number of nitrogens with one attached hydrogen (secondary N) is 1. The van der Waals surface area contributed by atoms with E-state index in [1.54, 1.807) is 6.26 Å². The maximum Gasteiger partial charge on any atom is 0.120 e. The van der Waals surface area contributed by atoms with Crippen LogP contribution in [0.5, 0.6) is 0 Å². The lowest BCUT2D eigenvalue weighted by molar-refractivity contribution is 0.430. The molecule has 0 aliphatic carbocycles. The van der Waals surface area contributed by atoms with E-state index in [4.69, 9.17) is 4.42 Å². The van der Waals surface area contributed by atoms with Crippen LogP contribution in [-0.2, 0) is 6.54 Å². The molecule has 84 valence electrons.